The van der Waals surface area contributed by atoms with E-state index in [0.717, 1.165) is 23.5 Å². The van der Waals surface area contributed by atoms with Crippen molar-refractivity contribution in [1.29, 1.82) is 0 Å². The quantitative estimate of drug-likeness (QED) is 0.631. The average molecular weight is 304 g/mol. The molecule has 1 fully saturated rings. The molecule has 4 nitrogen and oxygen atoms in total. The van der Waals surface area contributed by atoms with E-state index in [2.05, 4.69) is 18.8 Å². The maximum absolute atomic E-state index is 12.9. The van der Waals surface area contributed by atoms with Gasteiger partial charge in [-0.25, -0.2) is 4.98 Å². The SMILES string of the molecule is CSc1nc2ccccc2c(=O)n1[C@@H]1CCOC(C)(C)C1. The van der Waals surface area contributed by atoms with Gasteiger partial charge in [0, 0.05) is 12.6 Å². The molecule has 1 aliphatic rings. The van der Waals surface area contributed by atoms with Crippen LogP contribution in [0.15, 0.2) is 34.2 Å². The molecule has 1 aromatic heterocycles. The molecule has 0 unspecified atom stereocenters. The Kier molecular flexibility index (Phi) is 3.80. The summed E-state index contributed by atoms with van der Waals surface area (Å²) in [6.07, 6.45) is 3.66. The van der Waals surface area contributed by atoms with Crippen LogP contribution in [0.5, 0.6) is 0 Å². The van der Waals surface area contributed by atoms with Crippen molar-refractivity contribution in [2.75, 3.05) is 12.9 Å². The maximum Gasteiger partial charge on any atom is 0.262 e. The molecule has 0 N–H and O–H groups in total. The fourth-order valence-corrected chi connectivity index (χ4v) is 3.63. The Morgan fingerprint density at radius 3 is 2.86 bits per heavy atom. The van der Waals surface area contributed by atoms with Crippen LogP contribution in [0.3, 0.4) is 0 Å². The van der Waals surface area contributed by atoms with E-state index >= 15 is 0 Å². The second kappa shape index (κ2) is 5.46. The summed E-state index contributed by atoms with van der Waals surface area (Å²) in [5, 5.41) is 1.49. The van der Waals surface area contributed by atoms with E-state index in [0.29, 0.717) is 12.0 Å². The molecule has 2 heterocycles. The first-order valence-electron chi connectivity index (χ1n) is 7.21. The zero-order valence-electron chi connectivity index (χ0n) is 12.6. The van der Waals surface area contributed by atoms with E-state index in [1.165, 1.54) is 11.8 Å². The molecule has 0 spiro atoms. The van der Waals surface area contributed by atoms with Gasteiger partial charge in [-0.1, -0.05) is 23.9 Å². The van der Waals surface area contributed by atoms with Gasteiger partial charge in [-0.2, -0.15) is 0 Å². The molecule has 1 aliphatic heterocycles. The molecule has 0 amide bonds. The number of aromatic nitrogens is 2. The van der Waals surface area contributed by atoms with Gasteiger partial charge in [0.2, 0.25) is 0 Å². The zero-order chi connectivity index (χ0) is 15.0. The fraction of sp³-hybridized carbons (Fsp3) is 0.500. The molecule has 0 bridgehead atoms. The highest BCUT2D eigenvalue weighted by molar-refractivity contribution is 7.98. The van der Waals surface area contributed by atoms with Gasteiger partial charge < -0.3 is 4.74 Å². The number of para-hydroxylation sites is 1. The van der Waals surface area contributed by atoms with Gasteiger partial charge >= 0.3 is 0 Å². The minimum Gasteiger partial charge on any atom is -0.375 e. The van der Waals surface area contributed by atoms with E-state index in [1.807, 2.05) is 35.1 Å². The second-order valence-electron chi connectivity index (χ2n) is 6.05. The molecular weight excluding hydrogens is 284 g/mol. The van der Waals surface area contributed by atoms with Crippen molar-refractivity contribution in [3.8, 4) is 0 Å². The third kappa shape index (κ3) is 2.72. The Morgan fingerprint density at radius 2 is 2.14 bits per heavy atom. The Hall–Kier alpha value is -1.33. The van der Waals surface area contributed by atoms with Crippen LogP contribution in [-0.4, -0.2) is 28.0 Å². The van der Waals surface area contributed by atoms with Crippen molar-refractivity contribution in [1.82, 2.24) is 9.55 Å². The fourth-order valence-electron chi connectivity index (χ4n) is 3.01. The molecule has 0 aliphatic carbocycles. The summed E-state index contributed by atoms with van der Waals surface area (Å²) in [6, 6.07) is 7.72. The Bertz CT molecular complexity index is 724. The van der Waals surface area contributed by atoms with Crippen molar-refractivity contribution < 1.29 is 4.74 Å². The van der Waals surface area contributed by atoms with Crippen molar-refractivity contribution in [2.24, 2.45) is 0 Å². The Morgan fingerprint density at radius 1 is 1.38 bits per heavy atom. The molecule has 5 heteroatoms. The van der Waals surface area contributed by atoms with Crippen LogP contribution in [0.2, 0.25) is 0 Å². The topological polar surface area (TPSA) is 44.1 Å². The zero-order valence-corrected chi connectivity index (χ0v) is 13.4. The minimum absolute atomic E-state index is 0.0626. The van der Waals surface area contributed by atoms with E-state index in [4.69, 9.17) is 4.74 Å². The second-order valence-corrected chi connectivity index (χ2v) is 6.82. The van der Waals surface area contributed by atoms with Crippen LogP contribution in [-0.2, 0) is 4.74 Å². The standard InChI is InChI=1S/C16H20N2O2S/c1-16(2)10-11(8-9-20-16)18-14(19)12-6-4-5-7-13(12)17-15(18)21-3/h4-7,11H,8-10H2,1-3H3/t11-/m1/s1. The summed E-state index contributed by atoms with van der Waals surface area (Å²) in [7, 11) is 0. The third-order valence-electron chi connectivity index (χ3n) is 3.99. The lowest BCUT2D eigenvalue weighted by Gasteiger charge is -2.36. The number of thioether (sulfide) groups is 1. The predicted molar refractivity (Wildman–Crippen MR) is 86.1 cm³/mol. The molecule has 112 valence electrons. The van der Waals surface area contributed by atoms with Crippen molar-refractivity contribution in [3.63, 3.8) is 0 Å². The van der Waals surface area contributed by atoms with Crippen LogP contribution in [0.1, 0.15) is 32.7 Å². The summed E-state index contributed by atoms with van der Waals surface area (Å²) >= 11 is 1.53. The van der Waals surface area contributed by atoms with E-state index in [9.17, 15) is 4.79 Å². The number of benzene rings is 1. The lowest BCUT2D eigenvalue weighted by Crippen LogP contribution is -2.39. The highest BCUT2D eigenvalue weighted by atomic mass is 32.2. The predicted octanol–water partition coefficient (Wildman–Crippen LogP) is 3.25. The summed E-state index contributed by atoms with van der Waals surface area (Å²) < 4.78 is 7.65. The smallest absolute Gasteiger partial charge is 0.262 e. The van der Waals surface area contributed by atoms with Crippen LogP contribution in [0.4, 0.5) is 0 Å². The van der Waals surface area contributed by atoms with E-state index in [-0.39, 0.29) is 17.2 Å². The number of nitrogens with zero attached hydrogens (tertiary/aromatic N) is 2. The molecule has 1 atom stereocenters. The number of hydrogen-bond acceptors (Lipinski definition) is 4. The van der Waals surface area contributed by atoms with Gasteiger partial charge in [-0.05, 0) is 45.1 Å². The van der Waals surface area contributed by atoms with Crippen LogP contribution in [0.25, 0.3) is 10.9 Å². The number of ether oxygens (including phenoxy) is 1. The molecular formula is C16H20N2O2S. The summed E-state index contributed by atoms with van der Waals surface area (Å²) in [4.78, 5) is 17.5. The van der Waals surface area contributed by atoms with Gasteiger partial charge in [0.15, 0.2) is 5.16 Å². The molecule has 1 aromatic carbocycles. The largest absolute Gasteiger partial charge is 0.375 e. The first-order valence-corrected chi connectivity index (χ1v) is 8.43. The summed E-state index contributed by atoms with van der Waals surface area (Å²) in [6.45, 7) is 4.85. The Labute approximate surface area is 128 Å². The first kappa shape index (κ1) is 14.6. The third-order valence-corrected chi connectivity index (χ3v) is 4.65. The Balaban J connectivity index is 2.17. The number of fused-ring (bicyclic) bond motifs is 1. The lowest BCUT2D eigenvalue weighted by molar-refractivity contribution is -0.0708. The summed E-state index contributed by atoms with van der Waals surface area (Å²) in [5.74, 6) is 0. The molecule has 3 rings (SSSR count). The van der Waals surface area contributed by atoms with Gasteiger partial charge in [-0.15, -0.1) is 0 Å². The van der Waals surface area contributed by atoms with Crippen LogP contribution < -0.4 is 5.56 Å². The van der Waals surface area contributed by atoms with Gasteiger partial charge in [-0.3, -0.25) is 9.36 Å². The van der Waals surface area contributed by atoms with Gasteiger partial charge in [0.1, 0.15) is 0 Å². The van der Waals surface area contributed by atoms with Crippen molar-refractivity contribution in [2.45, 2.75) is 43.5 Å². The monoisotopic (exact) mass is 304 g/mol. The average Bonchev–Trinajstić information content (AvgIpc) is 2.46. The highest BCUT2D eigenvalue weighted by Crippen LogP contribution is 2.33. The van der Waals surface area contributed by atoms with Crippen LogP contribution >= 0.6 is 11.8 Å². The minimum atomic E-state index is -0.191. The molecule has 0 saturated carbocycles. The highest BCUT2D eigenvalue weighted by Gasteiger charge is 2.31. The molecule has 21 heavy (non-hydrogen) atoms. The molecule has 0 radical (unpaired) electrons. The molecule has 1 saturated heterocycles. The number of rotatable bonds is 2. The molecule has 2 aromatic rings. The van der Waals surface area contributed by atoms with Crippen molar-refractivity contribution >= 4 is 22.7 Å². The van der Waals surface area contributed by atoms with Crippen LogP contribution in [0, 0.1) is 0 Å². The van der Waals surface area contributed by atoms with Crippen molar-refractivity contribution in [3.05, 3.63) is 34.6 Å². The van der Waals surface area contributed by atoms with E-state index in [1.54, 1.807) is 0 Å². The number of hydrogen-bond donors (Lipinski definition) is 0. The lowest BCUT2D eigenvalue weighted by atomic mass is 9.93. The normalized spacial score (nSPS) is 21.6. The first-order chi connectivity index (χ1) is 10.0. The maximum atomic E-state index is 12.9. The van der Waals surface area contributed by atoms with Gasteiger partial charge in [0.05, 0.1) is 16.5 Å². The van der Waals surface area contributed by atoms with Gasteiger partial charge in [0.25, 0.3) is 5.56 Å². The van der Waals surface area contributed by atoms with E-state index < -0.39 is 0 Å². The summed E-state index contributed by atoms with van der Waals surface area (Å²) in [5.41, 5.74) is 0.644.